The number of methoxy groups -OCH3 is 1. The molecule has 0 aliphatic carbocycles. The SMILES string of the molecule is COC[C@H](C)NC(=O)Nc1ccc(N2CCNC(=O)C2)c(Cl)c1. The van der Waals surface area contributed by atoms with E-state index in [0.29, 0.717) is 30.4 Å². The summed E-state index contributed by atoms with van der Waals surface area (Å²) < 4.78 is 4.96. The fourth-order valence-electron chi connectivity index (χ4n) is 2.37. The molecule has 1 saturated heterocycles. The molecule has 1 heterocycles. The molecule has 1 aromatic rings. The lowest BCUT2D eigenvalue weighted by molar-refractivity contribution is -0.120. The second-order valence-electron chi connectivity index (χ2n) is 5.39. The van der Waals surface area contributed by atoms with Gasteiger partial charge in [0.05, 0.1) is 29.9 Å². The fraction of sp³-hybridized carbons (Fsp3) is 0.467. The molecule has 0 unspecified atom stereocenters. The number of piperazine rings is 1. The highest BCUT2D eigenvalue weighted by atomic mass is 35.5. The Kier molecular flexibility index (Phi) is 6.06. The van der Waals surface area contributed by atoms with E-state index in [4.69, 9.17) is 16.3 Å². The van der Waals surface area contributed by atoms with Gasteiger partial charge in [-0.1, -0.05) is 11.6 Å². The van der Waals surface area contributed by atoms with E-state index in [9.17, 15) is 9.59 Å². The van der Waals surface area contributed by atoms with Crippen LogP contribution in [-0.2, 0) is 9.53 Å². The molecule has 8 heteroatoms. The number of rotatable bonds is 5. The van der Waals surface area contributed by atoms with Gasteiger partial charge in [-0.2, -0.15) is 0 Å². The topological polar surface area (TPSA) is 82.7 Å². The number of hydrogen-bond donors (Lipinski definition) is 3. The van der Waals surface area contributed by atoms with Gasteiger partial charge in [-0.15, -0.1) is 0 Å². The number of benzene rings is 1. The van der Waals surface area contributed by atoms with Gasteiger partial charge in [-0.3, -0.25) is 4.79 Å². The molecule has 3 amide bonds. The summed E-state index contributed by atoms with van der Waals surface area (Å²) in [6, 6.07) is 4.81. The van der Waals surface area contributed by atoms with Gasteiger partial charge in [-0.25, -0.2) is 4.79 Å². The number of carbonyl (C=O) groups excluding carboxylic acids is 2. The second kappa shape index (κ2) is 8.03. The van der Waals surface area contributed by atoms with Gasteiger partial charge in [0.1, 0.15) is 0 Å². The van der Waals surface area contributed by atoms with Crippen molar-refractivity contribution in [1.29, 1.82) is 0 Å². The number of amides is 3. The Morgan fingerprint density at radius 3 is 2.96 bits per heavy atom. The van der Waals surface area contributed by atoms with Crippen molar-refractivity contribution in [3.05, 3.63) is 23.2 Å². The molecule has 1 aliphatic rings. The zero-order chi connectivity index (χ0) is 16.8. The van der Waals surface area contributed by atoms with E-state index in [-0.39, 0.29) is 24.5 Å². The predicted octanol–water partition coefficient (Wildman–Crippen LogP) is 1.43. The highest BCUT2D eigenvalue weighted by molar-refractivity contribution is 6.33. The van der Waals surface area contributed by atoms with Crippen molar-refractivity contribution in [1.82, 2.24) is 10.6 Å². The van der Waals surface area contributed by atoms with E-state index in [1.165, 1.54) is 0 Å². The Morgan fingerprint density at radius 1 is 1.52 bits per heavy atom. The normalized spacial score (nSPS) is 15.8. The van der Waals surface area contributed by atoms with Gasteiger partial charge in [0.2, 0.25) is 5.91 Å². The average molecular weight is 341 g/mol. The standard InChI is InChI=1S/C15H21ClN4O3/c1-10(9-23-2)18-15(22)19-11-3-4-13(12(16)7-11)20-6-5-17-14(21)8-20/h3-4,7,10H,5-6,8-9H2,1-2H3,(H,17,21)(H2,18,19,22)/t10-/m0/s1. The first-order valence-corrected chi connectivity index (χ1v) is 7.75. The molecule has 2 rings (SSSR count). The van der Waals surface area contributed by atoms with E-state index in [1.54, 1.807) is 25.3 Å². The van der Waals surface area contributed by atoms with Crippen LogP contribution in [0, 0.1) is 0 Å². The van der Waals surface area contributed by atoms with Gasteiger partial charge >= 0.3 is 6.03 Å². The van der Waals surface area contributed by atoms with Gasteiger partial charge in [0.25, 0.3) is 0 Å². The fourth-order valence-corrected chi connectivity index (χ4v) is 2.67. The van der Waals surface area contributed by atoms with Crippen molar-refractivity contribution in [3.63, 3.8) is 0 Å². The first kappa shape index (κ1) is 17.4. The minimum atomic E-state index is -0.323. The molecule has 3 N–H and O–H groups in total. The van der Waals surface area contributed by atoms with Crippen molar-refractivity contribution in [2.24, 2.45) is 0 Å². The molecule has 0 bridgehead atoms. The smallest absolute Gasteiger partial charge is 0.319 e. The minimum Gasteiger partial charge on any atom is -0.383 e. The molecule has 0 spiro atoms. The summed E-state index contributed by atoms with van der Waals surface area (Å²) in [4.78, 5) is 25.2. The van der Waals surface area contributed by atoms with E-state index in [2.05, 4.69) is 16.0 Å². The highest BCUT2D eigenvalue weighted by Crippen LogP contribution is 2.29. The van der Waals surface area contributed by atoms with Crippen molar-refractivity contribution < 1.29 is 14.3 Å². The molecule has 1 aromatic carbocycles. The number of hydrogen-bond acceptors (Lipinski definition) is 4. The minimum absolute atomic E-state index is 0.0268. The van der Waals surface area contributed by atoms with Crippen LogP contribution in [0.2, 0.25) is 5.02 Å². The Bertz CT molecular complexity index is 582. The lowest BCUT2D eigenvalue weighted by atomic mass is 10.2. The van der Waals surface area contributed by atoms with Crippen molar-refractivity contribution in [2.45, 2.75) is 13.0 Å². The molecule has 23 heavy (non-hydrogen) atoms. The van der Waals surface area contributed by atoms with E-state index in [1.807, 2.05) is 11.8 Å². The maximum absolute atomic E-state index is 11.9. The summed E-state index contributed by atoms with van der Waals surface area (Å²) in [6.45, 7) is 3.86. The summed E-state index contributed by atoms with van der Waals surface area (Å²) in [6.07, 6.45) is 0. The molecule has 0 radical (unpaired) electrons. The van der Waals surface area contributed by atoms with Crippen molar-refractivity contribution >= 4 is 34.9 Å². The number of nitrogens with one attached hydrogen (secondary N) is 3. The van der Waals surface area contributed by atoms with Crippen LogP contribution in [0.1, 0.15) is 6.92 Å². The maximum atomic E-state index is 11.9. The first-order chi connectivity index (χ1) is 11.0. The number of urea groups is 1. The number of nitrogens with zero attached hydrogens (tertiary/aromatic N) is 1. The third-order valence-corrected chi connectivity index (χ3v) is 3.68. The van der Waals surface area contributed by atoms with E-state index >= 15 is 0 Å². The molecule has 1 atom stereocenters. The zero-order valence-corrected chi connectivity index (χ0v) is 13.9. The molecule has 0 aromatic heterocycles. The van der Waals surface area contributed by atoms with Crippen LogP contribution in [0.5, 0.6) is 0 Å². The van der Waals surface area contributed by atoms with E-state index < -0.39 is 0 Å². The number of carbonyl (C=O) groups is 2. The lowest BCUT2D eigenvalue weighted by Gasteiger charge is -2.29. The van der Waals surface area contributed by atoms with Crippen molar-refractivity contribution in [3.8, 4) is 0 Å². The quantitative estimate of drug-likeness (QED) is 0.757. The van der Waals surface area contributed by atoms with Gasteiger partial charge in [-0.05, 0) is 25.1 Å². The Labute approximate surface area is 140 Å². The van der Waals surface area contributed by atoms with Gasteiger partial charge in [0.15, 0.2) is 0 Å². The summed E-state index contributed by atoms with van der Waals surface area (Å²) in [5, 5.41) is 8.73. The Hall–Kier alpha value is -1.99. The molecular weight excluding hydrogens is 320 g/mol. The summed E-state index contributed by atoms with van der Waals surface area (Å²) >= 11 is 6.28. The Morgan fingerprint density at radius 2 is 2.30 bits per heavy atom. The Balaban J connectivity index is 1.98. The van der Waals surface area contributed by atoms with Crippen LogP contribution in [0.4, 0.5) is 16.2 Å². The largest absolute Gasteiger partial charge is 0.383 e. The third kappa shape index (κ3) is 5.01. The third-order valence-electron chi connectivity index (χ3n) is 3.38. The van der Waals surface area contributed by atoms with Crippen molar-refractivity contribution in [2.75, 3.05) is 43.6 Å². The zero-order valence-electron chi connectivity index (χ0n) is 13.2. The molecule has 7 nitrogen and oxygen atoms in total. The number of ether oxygens (including phenoxy) is 1. The highest BCUT2D eigenvalue weighted by Gasteiger charge is 2.19. The van der Waals surface area contributed by atoms with Crippen LogP contribution in [0.15, 0.2) is 18.2 Å². The monoisotopic (exact) mass is 340 g/mol. The van der Waals surface area contributed by atoms with Crippen LogP contribution >= 0.6 is 11.6 Å². The second-order valence-corrected chi connectivity index (χ2v) is 5.80. The van der Waals surface area contributed by atoms with Crippen LogP contribution in [0.25, 0.3) is 0 Å². The molecule has 0 saturated carbocycles. The predicted molar refractivity (Wildman–Crippen MR) is 90.2 cm³/mol. The molecular formula is C15H21ClN4O3. The van der Waals surface area contributed by atoms with Gasteiger partial charge < -0.3 is 25.6 Å². The first-order valence-electron chi connectivity index (χ1n) is 7.37. The molecule has 126 valence electrons. The average Bonchev–Trinajstić information content (AvgIpc) is 2.47. The maximum Gasteiger partial charge on any atom is 0.319 e. The van der Waals surface area contributed by atoms with Crippen LogP contribution < -0.4 is 20.9 Å². The summed E-state index contributed by atoms with van der Waals surface area (Å²) in [5.74, 6) is -0.0268. The summed E-state index contributed by atoms with van der Waals surface area (Å²) in [5.41, 5.74) is 1.36. The lowest BCUT2D eigenvalue weighted by Crippen LogP contribution is -2.47. The van der Waals surface area contributed by atoms with Crippen LogP contribution in [0.3, 0.4) is 0 Å². The van der Waals surface area contributed by atoms with E-state index in [0.717, 1.165) is 5.69 Å². The molecule has 1 fully saturated rings. The number of anilines is 2. The van der Waals surface area contributed by atoms with Gasteiger partial charge in [0, 0.05) is 25.9 Å². The number of halogens is 1. The van der Waals surface area contributed by atoms with Crippen LogP contribution in [-0.4, -0.2) is 51.3 Å². The molecule has 1 aliphatic heterocycles. The summed E-state index contributed by atoms with van der Waals surface area (Å²) in [7, 11) is 1.58.